The third-order valence-electron chi connectivity index (χ3n) is 13.3. The maximum absolute atomic E-state index is 5.71. The molecule has 0 atom stereocenters. The molecule has 0 saturated heterocycles. The van der Waals surface area contributed by atoms with Crippen LogP contribution < -0.4 is 10.2 Å². The number of para-hydroxylation sites is 1. The summed E-state index contributed by atoms with van der Waals surface area (Å²) in [6, 6.07) is 88.1. The fourth-order valence-corrected chi connectivity index (χ4v) is 8.99. The summed E-state index contributed by atoms with van der Waals surface area (Å²) < 4.78 is 5.71. The van der Waals surface area contributed by atoms with E-state index in [1.807, 2.05) is 31.3 Å². The first kappa shape index (κ1) is 49.3. The van der Waals surface area contributed by atoms with E-state index in [0.29, 0.717) is 5.92 Å². The van der Waals surface area contributed by atoms with Crippen molar-refractivity contribution in [3.8, 4) is 22.3 Å². The third-order valence-corrected chi connectivity index (χ3v) is 13.3. The lowest BCUT2D eigenvalue weighted by Gasteiger charge is -2.26. The second-order valence-electron chi connectivity index (χ2n) is 19.2. The van der Waals surface area contributed by atoms with E-state index in [9.17, 15) is 0 Å². The predicted molar refractivity (Wildman–Crippen MR) is 316 cm³/mol. The van der Waals surface area contributed by atoms with Gasteiger partial charge in [0.2, 0.25) is 0 Å². The number of furan rings is 1. The van der Waals surface area contributed by atoms with Crippen molar-refractivity contribution in [3.63, 3.8) is 0 Å². The molecule has 0 fully saturated rings. The second-order valence-corrected chi connectivity index (χ2v) is 19.2. The second kappa shape index (κ2) is 23.1. The fraction of sp³-hybridized carbons (Fsp3) is 0.114. The molecular weight excluding hydrogens is 885 g/mol. The molecule has 0 radical (unpaired) electrons. The highest BCUT2D eigenvalue weighted by Gasteiger charge is 2.14. The number of rotatable bonds is 7. The maximum atomic E-state index is 5.71. The third kappa shape index (κ3) is 12.3. The summed E-state index contributed by atoms with van der Waals surface area (Å²) in [5, 5.41) is 10.5. The Morgan fingerprint density at radius 1 is 0.342 bits per heavy atom. The Labute approximate surface area is 432 Å². The van der Waals surface area contributed by atoms with Crippen molar-refractivity contribution in [2.45, 2.75) is 47.5 Å². The molecule has 11 aromatic carbocycles. The SMILES string of the molecule is CNc1ccc(-c2ccc(C)cc2)cc1.Cc1ccc(-c2ccc(C(C)C)cc2)cc1.Cc1ccc(N(c2ccc3ccccc3c2)c2ccc3ccccc3c2)cc1.Cc1ccc2oc3ccccc3c2c1. The molecule has 0 spiro atoms. The van der Waals surface area contributed by atoms with Crippen molar-refractivity contribution in [2.75, 3.05) is 17.3 Å². The topological polar surface area (TPSA) is 28.4 Å². The standard InChI is InChI=1S/C27H21N.C16H18.C14H15N.C13H10O/c1-20-10-14-25(15-11-20)28(26-16-12-21-6-2-4-8-23(21)18-26)27-17-13-22-7-3-5-9-24(22)19-27;1-12(2)14-8-10-16(11-9-14)15-6-4-13(3)5-7-15;1-11-3-5-12(6-4-11)13-7-9-14(15-2)10-8-13;1-9-6-7-13-11(8-9)10-4-2-3-5-12(10)14-13/h2-19H,1H3;4-12H,1-3H3;3-10,15H,1-2H3;2-8H,1H3. The quantitative estimate of drug-likeness (QED) is 0.173. The van der Waals surface area contributed by atoms with E-state index in [4.69, 9.17) is 4.42 Å². The molecular formula is C70H64N2O. The molecule has 0 bridgehead atoms. The number of fused-ring (bicyclic) bond motifs is 5. The van der Waals surface area contributed by atoms with E-state index in [-0.39, 0.29) is 0 Å². The number of nitrogens with zero attached hydrogens (tertiary/aromatic N) is 1. The van der Waals surface area contributed by atoms with E-state index < -0.39 is 0 Å². The molecule has 0 unspecified atom stereocenters. The van der Waals surface area contributed by atoms with Gasteiger partial charge in [-0.2, -0.15) is 0 Å². The smallest absolute Gasteiger partial charge is 0.135 e. The maximum Gasteiger partial charge on any atom is 0.135 e. The van der Waals surface area contributed by atoms with Gasteiger partial charge in [-0.25, -0.2) is 0 Å². The lowest BCUT2D eigenvalue weighted by atomic mass is 9.98. The van der Waals surface area contributed by atoms with Gasteiger partial charge in [0.1, 0.15) is 11.2 Å². The van der Waals surface area contributed by atoms with Crippen LogP contribution in [0.5, 0.6) is 0 Å². The zero-order valence-corrected chi connectivity index (χ0v) is 43.1. The van der Waals surface area contributed by atoms with E-state index in [1.54, 1.807) is 0 Å². The highest BCUT2D eigenvalue weighted by Crippen LogP contribution is 2.38. The Morgan fingerprint density at radius 3 is 1.23 bits per heavy atom. The van der Waals surface area contributed by atoms with Crippen LogP contribution in [0.3, 0.4) is 0 Å². The first-order valence-electron chi connectivity index (χ1n) is 25.3. The molecule has 12 rings (SSSR count). The highest BCUT2D eigenvalue weighted by molar-refractivity contribution is 6.05. The minimum atomic E-state index is 0.604. The highest BCUT2D eigenvalue weighted by atomic mass is 16.3. The molecule has 3 nitrogen and oxygen atoms in total. The molecule has 73 heavy (non-hydrogen) atoms. The predicted octanol–water partition coefficient (Wildman–Crippen LogP) is 20.2. The van der Waals surface area contributed by atoms with Gasteiger partial charge in [0.25, 0.3) is 0 Å². The van der Waals surface area contributed by atoms with Crippen molar-refractivity contribution >= 4 is 66.2 Å². The molecule has 0 amide bonds. The van der Waals surface area contributed by atoms with Crippen LogP contribution in [-0.2, 0) is 0 Å². The van der Waals surface area contributed by atoms with Crippen LogP contribution in [0, 0.1) is 27.7 Å². The van der Waals surface area contributed by atoms with Gasteiger partial charge in [0.15, 0.2) is 0 Å². The van der Waals surface area contributed by atoms with E-state index in [2.05, 4.69) is 276 Å². The van der Waals surface area contributed by atoms with Gasteiger partial charge < -0.3 is 14.6 Å². The van der Waals surface area contributed by atoms with Crippen molar-refractivity contribution < 1.29 is 4.42 Å². The van der Waals surface area contributed by atoms with E-state index in [0.717, 1.165) is 33.9 Å². The Bertz CT molecular complexity index is 3620. The summed E-state index contributed by atoms with van der Waals surface area (Å²) >= 11 is 0. The Balaban J connectivity index is 0.000000126. The van der Waals surface area contributed by atoms with Crippen LogP contribution in [0.15, 0.2) is 253 Å². The molecule has 0 aliphatic rings. The molecule has 12 aromatic rings. The molecule has 0 aliphatic carbocycles. The number of nitrogens with one attached hydrogen (secondary N) is 1. The molecule has 0 saturated carbocycles. The van der Waals surface area contributed by atoms with Crippen LogP contribution in [0.25, 0.3) is 65.7 Å². The summed E-state index contributed by atoms with van der Waals surface area (Å²) in [5.41, 5.74) is 18.2. The zero-order chi connectivity index (χ0) is 50.7. The molecule has 1 N–H and O–H groups in total. The summed E-state index contributed by atoms with van der Waals surface area (Å²) in [6.45, 7) is 12.9. The van der Waals surface area contributed by atoms with Crippen molar-refractivity contribution in [2.24, 2.45) is 0 Å². The molecule has 360 valence electrons. The number of benzene rings is 11. The monoisotopic (exact) mass is 949 g/mol. The minimum absolute atomic E-state index is 0.604. The Morgan fingerprint density at radius 2 is 0.740 bits per heavy atom. The number of aryl methyl sites for hydroxylation is 4. The lowest BCUT2D eigenvalue weighted by molar-refractivity contribution is 0.669. The van der Waals surface area contributed by atoms with Gasteiger partial charge in [-0.05, 0) is 150 Å². The summed E-state index contributed by atoms with van der Waals surface area (Å²) in [7, 11) is 1.93. The lowest BCUT2D eigenvalue weighted by Crippen LogP contribution is -2.09. The average molecular weight is 949 g/mol. The largest absolute Gasteiger partial charge is 0.456 e. The van der Waals surface area contributed by atoms with E-state index >= 15 is 0 Å². The first-order valence-corrected chi connectivity index (χ1v) is 25.3. The van der Waals surface area contributed by atoms with Gasteiger partial charge >= 0.3 is 0 Å². The van der Waals surface area contributed by atoms with Crippen molar-refractivity contribution in [3.05, 3.63) is 277 Å². The summed E-state index contributed by atoms with van der Waals surface area (Å²) in [6.07, 6.45) is 0. The van der Waals surface area contributed by atoms with Gasteiger partial charge in [-0.3, -0.25) is 0 Å². The molecule has 0 aliphatic heterocycles. The summed E-state index contributed by atoms with van der Waals surface area (Å²) in [5.74, 6) is 0.604. The first-order chi connectivity index (χ1) is 35.6. The Hall–Kier alpha value is -8.66. The number of hydrogen-bond donors (Lipinski definition) is 1. The van der Waals surface area contributed by atoms with Crippen LogP contribution in [0.1, 0.15) is 47.6 Å². The fourth-order valence-electron chi connectivity index (χ4n) is 8.99. The normalized spacial score (nSPS) is 10.8. The molecule has 1 aromatic heterocycles. The van der Waals surface area contributed by atoms with Crippen molar-refractivity contribution in [1.29, 1.82) is 0 Å². The number of hydrogen-bond acceptors (Lipinski definition) is 3. The van der Waals surface area contributed by atoms with Gasteiger partial charge in [-0.15, -0.1) is 0 Å². The average Bonchev–Trinajstić information content (AvgIpc) is 3.80. The zero-order valence-electron chi connectivity index (χ0n) is 43.1. The number of anilines is 4. The van der Waals surface area contributed by atoms with E-state index in [1.165, 1.54) is 82.4 Å². The van der Waals surface area contributed by atoms with Crippen LogP contribution >= 0.6 is 0 Å². The van der Waals surface area contributed by atoms with Crippen LogP contribution in [0.4, 0.5) is 22.7 Å². The minimum Gasteiger partial charge on any atom is -0.456 e. The van der Waals surface area contributed by atoms with Crippen LogP contribution in [0.2, 0.25) is 0 Å². The van der Waals surface area contributed by atoms with Crippen molar-refractivity contribution in [1.82, 2.24) is 0 Å². The van der Waals surface area contributed by atoms with Gasteiger partial charge in [-0.1, -0.05) is 218 Å². The molecule has 1 heterocycles. The van der Waals surface area contributed by atoms with Gasteiger partial charge in [0.05, 0.1) is 0 Å². The van der Waals surface area contributed by atoms with Gasteiger partial charge in [0, 0.05) is 40.6 Å². The Kier molecular flexibility index (Phi) is 15.6. The molecule has 3 heteroatoms. The van der Waals surface area contributed by atoms with Crippen LogP contribution in [-0.4, -0.2) is 7.05 Å². The summed E-state index contributed by atoms with van der Waals surface area (Å²) in [4.78, 5) is 2.33.